The summed E-state index contributed by atoms with van der Waals surface area (Å²) in [6, 6.07) is 17.9. The van der Waals surface area contributed by atoms with Crippen LogP contribution in [-0.4, -0.2) is 6.54 Å². The van der Waals surface area contributed by atoms with E-state index in [2.05, 4.69) is 83.6 Å². The number of hydrogen-bond donors (Lipinski definition) is 1. The molecule has 1 N–H and O–H groups in total. The van der Waals surface area contributed by atoms with E-state index in [9.17, 15) is 0 Å². The van der Waals surface area contributed by atoms with Gasteiger partial charge in [-0.1, -0.05) is 41.1 Å². The van der Waals surface area contributed by atoms with Crippen molar-refractivity contribution in [3.63, 3.8) is 0 Å². The minimum absolute atomic E-state index is 0.279. The Morgan fingerprint density at radius 1 is 1.05 bits per heavy atom. The Bertz CT molecular complexity index is 763. The second-order valence-electron chi connectivity index (χ2n) is 5.19. The van der Waals surface area contributed by atoms with E-state index in [4.69, 9.17) is 0 Å². The highest BCUT2D eigenvalue weighted by molar-refractivity contribution is 9.10. The van der Waals surface area contributed by atoms with Crippen molar-refractivity contribution >= 4 is 38.0 Å². The Labute approximate surface area is 138 Å². The summed E-state index contributed by atoms with van der Waals surface area (Å²) >= 11 is 5.40. The molecule has 108 valence electrons. The molecule has 3 aromatic rings. The molecule has 1 aromatic heterocycles. The summed E-state index contributed by atoms with van der Waals surface area (Å²) in [6.45, 7) is 5.28. The van der Waals surface area contributed by atoms with E-state index in [1.54, 1.807) is 0 Å². The van der Waals surface area contributed by atoms with Gasteiger partial charge in [0.05, 0.1) is 6.04 Å². The van der Waals surface area contributed by atoms with E-state index in [1.807, 2.05) is 11.3 Å². The van der Waals surface area contributed by atoms with Gasteiger partial charge in [0, 0.05) is 14.2 Å². The van der Waals surface area contributed by atoms with Crippen molar-refractivity contribution in [2.45, 2.75) is 19.9 Å². The van der Waals surface area contributed by atoms with Crippen LogP contribution in [0.1, 0.15) is 28.3 Å². The molecule has 1 atom stereocenters. The molecule has 0 bridgehead atoms. The molecule has 0 spiro atoms. The fourth-order valence-electron chi connectivity index (χ4n) is 2.61. The standard InChI is InChI=1S/C18H18BrNS/c1-3-20-18(17-9-4-12(2)21-17)15-6-5-14-11-16(19)8-7-13(14)10-15/h4-11,18,20H,3H2,1-2H3. The van der Waals surface area contributed by atoms with Crippen LogP contribution in [0.2, 0.25) is 0 Å². The summed E-state index contributed by atoms with van der Waals surface area (Å²) in [5, 5.41) is 6.16. The van der Waals surface area contributed by atoms with Gasteiger partial charge in [0.1, 0.15) is 0 Å². The molecule has 3 rings (SSSR count). The van der Waals surface area contributed by atoms with Crippen molar-refractivity contribution in [2.75, 3.05) is 6.54 Å². The second kappa shape index (κ2) is 6.30. The molecule has 1 nitrogen and oxygen atoms in total. The molecule has 0 aliphatic heterocycles. The Hall–Kier alpha value is -1.16. The van der Waals surface area contributed by atoms with Crippen LogP contribution < -0.4 is 5.32 Å². The smallest absolute Gasteiger partial charge is 0.0671 e. The van der Waals surface area contributed by atoms with E-state index in [-0.39, 0.29) is 6.04 Å². The predicted octanol–water partition coefficient (Wildman–Crippen LogP) is 5.67. The Morgan fingerprint density at radius 2 is 1.81 bits per heavy atom. The predicted molar refractivity (Wildman–Crippen MR) is 96.2 cm³/mol. The fourth-order valence-corrected chi connectivity index (χ4v) is 3.97. The topological polar surface area (TPSA) is 12.0 Å². The number of aryl methyl sites for hydroxylation is 1. The molecule has 0 saturated heterocycles. The first kappa shape index (κ1) is 14.8. The summed E-state index contributed by atoms with van der Waals surface area (Å²) < 4.78 is 1.12. The van der Waals surface area contributed by atoms with Crippen molar-refractivity contribution in [2.24, 2.45) is 0 Å². The number of fused-ring (bicyclic) bond motifs is 1. The molecule has 3 heteroatoms. The first-order valence-corrected chi connectivity index (χ1v) is 8.77. The maximum Gasteiger partial charge on any atom is 0.0671 e. The lowest BCUT2D eigenvalue weighted by Crippen LogP contribution is -2.20. The normalized spacial score (nSPS) is 12.7. The van der Waals surface area contributed by atoms with Gasteiger partial charge in [0.25, 0.3) is 0 Å². The van der Waals surface area contributed by atoms with E-state index >= 15 is 0 Å². The van der Waals surface area contributed by atoms with Gasteiger partial charge in [0.15, 0.2) is 0 Å². The maximum atomic E-state index is 3.61. The number of halogens is 1. The highest BCUT2D eigenvalue weighted by Gasteiger charge is 2.15. The van der Waals surface area contributed by atoms with E-state index in [0.29, 0.717) is 0 Å². The summed E-state index contributed by atoms with van der Waals surface area (Å²) in [5.74, 6) is 0. The van der Waals surface area contributed by atoms with Crippen LogP contribution in [0.3, 0.4) is 0 Å². The molecule has 21 heavy (non-hydrogen) atoms. The van der Waals surface area contributed by atoms with Crippen molar-refractivity contribution in [1.29, 1.82) is 0 Å². The van der Waals surface area contributed by atoms with Crippen LogP contribution in [0.4, 0.5) is 0 Å². The zero-order chi connectivity index (χ0) is 14.8. The maximum absolute atomic E-state index is 3.61. The molecule has 0 radical (unpaired) electrons. The summed E-state index contributed by atoms with van der Waals surface area (Å²) in [4.78, 5) is 2.74. The van der Waals surface area contributed by atoms with Gasteiger partial charge in [-0.3, -0.25) is 0 Å². The SMILES string of the molecule is CCNC(c1ccc2cc(Br)ccc2c1)c1ccc(C)s1. The Balaban J connectivity index is 2.04. The largest absolute Gasteiger partial charge is 0.306 e. The van der Waals surface area contributed by atoms with Crippen molar-refractivity contribution in [3.05, 3.63) is 68.3 Å². The minimum Gasteiger partial charge on any atom is -0.306 e. The molecular weight excluding hydrogens is 342 g/mol. The zero-order valence-electron chi connectivity index (χ0n) is 12.2. The first-order chi connectivity index (χ1) is 10.2. The fraction of sp³-hybridized carbons (Fsp3) is 0.222. The number of rotatable bonds is 4. The number of hydrogen-bond acceptors (Lipinski definition) is 2. The second-order valence-corrected chi connectivity index (χ2v) is 7.43. The van der Waals surface area contributed by atoms with Gasteiger partial charge in [-0.25, -0.2) is 0 Å². The molecule has 0 amide bonds. The van der Waals surface area contributed by atoms with Gasteiger partial charge in [-0.05, 0) is 60.1 Å². The highest BCUT2D eigenvalue weighted by Crippen LogP contribution is 2.30. The molecule has 0 saturated carbocycles. The van der Waals surface area contributed by atoms with E-state index in [1.165, 1.54) is 26.1 Å². The van der Waals surface area contributed by atoms with Gasteiger partial charge in [-0.2, -0.15) is 0 Å². The monoisotopic (exact) mass is 359 g/mol. The van der Waals surface area contributed by atoms with Gasteiger partial charge < -0.3 is 5.32 Å². The number of thiophene rings is 1. The van der Waals surface area contributed by atoms with Crippen LogP contribution in [0.25, 0.3) is 10.8 Å². The van der Waals surface area contributed by atoms with Crippen molar-refractivity contribution < 1.29 is 0 Å². The molecular formula is C18H18BrNS. The molecule has 1 unspecified atom stereocenters. The summed E-state index contributed by atoms with van der Waals surface area (Å²) in [7, 11) is 0. The summed E-state index contributed by atoms with van der Waals surface area (Å²) in [6.07, 6.45) is 0. The molecule has 2 aromatic carbocycles. The Morgan fingerprint density at radius 3 is 2.52 bits per heavy atom. The first-order valence-electron chi connectivity index (χ1n) is 7.16. The lowest BCUT2D eigenvalue weighted by molar-refractivity contribution is 0.640. The third-order valence-corrected chi connectivity index (χ3v) is 5.17. The van der Waals surface area contributed by atoms with Crippen LogP contribution >= 0.6 is 27.3 Å². The van der Waals surface area contributed by atoms with E-state index in [0.717, 1.165) is 11.0 Å². The molecule has 0 fully saturated rings. The number of nitrogens with one attached hydrogen (secondary N) is 1. The number of benzene rings is 2. The lowest BCUT2D eigenvalue weighted by Gasteiger charge is -2.17. The third-order valence-electron chi connectivity index (χ3n) is 3.61. The lowest BCUT2D eigenvalue weighted by atomic mass is 10.0. The Kier molecular flexibility index (Phi) is 4.43. The average molecular weight is 360 g/mol. The van der Waals surface area contributed by atoms with Gasteiger partial charge in [-0.15, -0.1) is 11.3 Å². The molecule has 0 aliphatic carbocycles. The van der Waals surface area contributed by atoms with Gasteiger partial charge in [0.2, 0.25) is 0 Å². The van der Waals surface area contributed by atoms with Crippen LogP contribution in [0.15, 0.2) is 53.0 Å². The molecule has 0 aliphatic rings. The van der Waals surface area contributed by atoms with Crippen LogP contribution in [0, 0.1) is 6.92 Å². The van der Waals surface area contributed by atoms with Crippen LogP contribution in [-0.2, 0) is 0 Å². The minimum atomic E-state index is 0.279. The molecule has 1 heterocycles. The van der Waals surface area contributed by atoms with E-state index < -0.39 is 0 Å². The van der Waals surface area contributed by atoms with Crippen LogP contribution in [0.5, 0.6) is 0 Å². The highest BCUT2D eigenvalue weighted by atomic mass is 79.9. The average Bonchev–Trinajstić information content (AvgIpc) is 2.90. The van der Waals surface area contributed by atoms with Crippen molar-refractivity contribution in [1.82, 2.24) is 5.32 Å². The zero-order valence-corrected chi connectivity index (χ0v) is 14.6. The summed E-state index contributed by atoms with van der Waals surface area (Å²) in [5.41, 5.74) is 1.33. The van der Waals surface area contributed by atoms with Crippen molar-refractivity contribution in [3.8, 4) is 0 Å². The quantitative estimate of drug-likeness (QED) is 0.632. The van der Waals surface area contributed by atoms with Gasteiger partial charge >= 0.3 is 0 Å². The third kappa shape index (κ3) is 3.20.